The van der Waals surface area contributed by atoms with Gasteiger partial charge in [-0.1, -0.05) is 26.7 Å². The molecular weight excluding hydrogens is 276 g/mol. The van der Waals surface area contributed by atoms with Gasteiger partial charge in [0, 0.05) is 25.4 Å². The zero-order valence-corrected chi connectivity index (χ0v) is 12.9. The van der Waals surface area contributed by atoms with Crippen molar-refractivity contribution in [3.63, 3.8) is 0 Å². The second-order valence-corrected chi connectivity index (χ2v) is 7.44. The predicted molar refractivity (Wildman–Crippen MR) is 78.1 cm³/mol. The van der Waals surface area contributed by atoms with E-state index in [4.69, 9.17) is 0 Å². The number of nitrogens with zero attached hydrogens (tertiary/aromatic N) is 1. The number of aromatic amines is 1. The van der Waals surface area contributed by atoms with Gasteiger partial charge in [-0.25, -0.2) is 8.42 Å². The van der Waals surface area contributed by atoms with E-state index in [2.05, 4.69) is 18.8 Å². The van der Waals surface area contributed by atoms with Crippen LogP contribution in [0.4, 0.5) is 0 Å². The quantitative estimate of drug-likeness (QED) is 0.924. The molecular formula is C14H22N2O3S. The van der Waals surface area contributed by atoms with Gasteiger partial charge in [0.15, 0.2) is 0 Å². The first kappa shape index (κ1) is 15.3. The molecule has 2 rings (SSSR count). The highest BCUT2D eigenvalue weighted by atomic mass is 32.2. The molecule has 2 heterocycles. The maximum atomic E-state index is 12.5. The van der Waals surface area contributed by atoms with Crippen LogP contribution in [0.3, 0.4) is 0 Å². The Hall–Kier alpha value is -1.14. The van der Waals surface area contributed by atoms with Gasteiger partial charge in [0.05, 0.1) is 4.90 Å². The largest absolute Gasteiger partial charge is 0.328 e. The minimum Gasteiger partial charge on any atom is -0.328 e. The number of pyridine rings is 1. The summed E-state index contributed by atoms with van der Waals surface area (Å²) in [6, 6.07) is 2.62. The lowest BCUT2D eigenvalue weighted by Crippen LogP contribution is -2.42. The number of aromatic nitrogens is 1. The summed E-state index contributed by atoms with van der Waals surface area (Å²) in [6.07, 6.45) is 5.27. The summed E-state index contributed by atoms with van der Waals surface area (Å²) in [4.78, 5) is 13.6. The first-order valence-corrected chi connectivity index (χ1v) is 8.56. The first-order valence-electron chi connectivity index (χ1n) is 7.12. The second kappa shape index (κ2) is 5.69. The minimum absolute atomic E-state index is 0.164. The maximum Gasteiger partial charge on any atom is 0.247 e. The number of hydrogen-bond donors (Lipinski definition) is 1. The lowest BCUT2D eigenvalue weighted by Gasteiger charge is -2.40. The molecule has 0 radical (unpaired) electrons. The summed E-state index contributed by atoms with van der Waals surface area (Å²) in [6.45, 7) is 5.47. The highest BCUT2D eigenvalue weighted by Crippen LogP contribution is 2.39. The topological polar surface area (TPSA) is 70.2 Å². The van der Waals surface area contributed by atoms with Crippen molar-refractivity contribution >= 4 is 10.0 Å². The van der Waals surface area contributed by atoms with Crippen LogP contribution in [0.5, 0.6) is 0 Å². The van der Waals surface area contributed by atoms with Crippen LogP contribution in [0.2, 0.25) is 0 Å². The summed E-state index contributed by atoms with van der Waals surface area (Å²) in [7, 11) is -3.48. The van der Waals surface area contributed by atoms with E-state index in [1.54, 1.807) is 0 Å². The Bertz CT molecular complexity index is 587. The van der Waals surface area contributed by atoms with Gasteiger partial charge in [0.2, 0.25) is 15.6 Å². The number of H-pyrrole nitrogens is 1. The molecule has 1 aliphatic heterocycles. The Morgan fingerprint density at radius 3 is 2.25 bits per heavy atom. The molecule has 5 nitrogen and oxygen atoms in total. The van der Waals surface area contributed by atoms with Crippen molar-refractivity contribution in [3.05, 3.63) is 28.7 Å². The van der Waals surface area contributed by atoms with Crippen LogP contribution in [-0.4, -0.2) is 30.8 Å². The van der Waals surface area contributed by atoms with Crippen molar-refractivity contribution in [1.82, 2.24) is 9.29 Å². The van der Waals surface area contributed by atoms with Crippen LogP contribution in [0.1, 0.15) is 39.5 Å². The Morgan fingerprint density at radius 2 is 1.80 bits per heavy atom. The summed E-state index contributed by atoms with van der Waals surface area (Å²) in [5.41, 5.74) is -0.00427. The van der Waals surface area contributed by atoms with E-state index < -0.39 is 10.0 Å². The number of piperidine rings is 1. The van der Waals surface area contributed by atoms with Crippen molar-refractivity contribution in [2.45, 2.75) is 44.4 Å². The van der Waals surface area contributed by atoms with Gasteiger partial charge in [-0.3, -0.25) is 4.79 Å². The Balaban J connectivity index is 2.17. The van der Waals surface area contributed by atoms with Crippen LogP contribution < -0.4 is 5.56 Å². The second-order valence-electron chi connectivity index (χ2n) is 5.50. The standard InChI is InChI=1S/C14H22N2O3S/c1-3-14(4-2)7-9-16(10-8-14)20(18,19)12-5-6-13(17)15-11-12/h5-6,11H,3-4,7-10H2,1-2H3,(H,15,17). The summed E-state index contributed by atoms with van der Waals surface area (Å²) in [5, 5.41) is 0. The predicted octanol–water partition coefficient (Wildman–Crippen LogP) is 1.97. The van der Waals surface area contributed by atoms with Gasteiger partial charge in [-0.2, -0.15) is 4.31 Å². The first-order chi connectivity index (χ1) is 9.43. The van der Waals surface area contributed by atoms with E-state index in [1.807, 2.05) is 0 Å². The van der Waals surface area contributed by atoms with Crippen LogP contribution in [0.25, 0.3) is 0 Å². The fourth-order valence-electron chi connectivity index (χ4n) is 2.86. The molecule has 1 fully saturated rings. The van der Waals surface area contributed by atoms with Gasteiger partial charge in [-0.05, 0) is 24.3 Å². The van der Waals surface area contributed by atoms with Gasteiger partial charge in [0.1, 0.15) is 0 Å². The molecule has 1 aromatic heterocycles. The number of rotatable bonds is 4. The SMILES string of the molecule is CCC1(CC)CCN(S(=O)(=O)c2ccc(=O)[nH]c2)CC1. The van der Waals surface area contributed by atoms with Gasteiger partial charge in [-0.15, -0.1) is 0 Å². The molecule has 112 valence electrons. The van der Waals surface area contributed by atoms with E-state index in [-0.39, 0.29) is 15.9 Å². The molecule has 20 heavy (non-hydrogen) atoms. The summed E-state index contributed by atoms with van der Waals surface area (Å²) >= 11 is 0. The average Bonchev–Trinajstić information content (AvgIpc) is 2.47. The number of nitrogens with one attached hydrogen (secondary N) is 1. The maximum absolute atomic E-state index is 12.5. The third-order valence-corrected chi connectivity index (χ3v) is 6.57. The molecule has 0 unspecified atom stereocenters. The highest BCUT2D eigenvalue weighted by molar-refractivity contribution is 7.89. The fraction of sp³-hybridized carbons (Fsp3) is 0.643. The molecule has 1 aromatic rings. The van der Waals surface area contributed by atoms with Crippen molar-refractivity contribution in [1.29, 1.82) is 0 Å². The Labute approximate surface area is 120 Å². The summed E-state index contributed by atoms with van der Waals surface area (Å²) in [5.74, 6) is 0. The molecule has 0 aromatic carbocycles. The van der Waals surface area contributed by atoms with E-state index in [0.29, 0.717) is 13.1 Å². The molecule has 0 saturated carbocycles. The van der Waals surface area contributed by atoms with Gasteiger partial charge < -0.3 is 4.98 Å². The van der Waals surface area contributed by atoms with E-state index >= 15 is 0 Å². The number of hydrogen-bond acceptors (Lipinski definition) is 3. The minimum atomic E-state index is -3.48. The van der Waals surface area contributed by atoms with E-state index in [1.165, 1.54) is 22.6 Å². The fourth-order valence-corrected chi connectivity index (χ4v) is 4.27. The molecule has 0 amide bonds. The molecule has 1 N–H and O–H groups in total. The van der Waals surface area contributed by atoms with Crippen molar-refractivity contribution in [2.24, 2.45) is 5.41 Å². The van der Waals surface area contributed by atoms with Crippen LogP contribution >= 0.6 is 0 Å². The Kier molecular flexibility index (Phi) is 4.34. The highest BCUT2D eigenvalue weighted by Gasteiger charge is 2.36. The van der Waals surface area contributed by atoms with Crippen molar-refractivity contribution < 1.29 is 8.42 Å². The average molecular weight is 298 g/mol. The molecule has 1 aliphatic rings. The van der Waals surface area contributed by atoms with Crippen LogP contribution in [0.15, 0.2) is 28.0 Å². The molecule has 0 aliphatic carbocycles. The third kappa shape index (κ3) is 2.81. The third-order valence-electron chi connectivity index (χ3n) is 4.68. The van der Waals surface area contributed by atoms with Gasteiger partial charge >= 0.3 is 0 Å². The molecule has 1 saturated heterocycles. The lowest BCUT2D eigenvalue weighted by molar-refractivity contribution is 0.141. The van der Waals surface area contributed by atoms with Crippen LogP contribution in [0, 0.1) is 5.41 Å². The molecule has 0 atom stereocenters. The smallest absolute Gasteiger partial charge is 0.247 e. The zero-order chi connectivity index (χ0) is 14.8. The molecule has 6 heteroatoms. The molecule has 0 spiro atoms. The van der Waals surface area contributed by atoms with Crippen LogP contribution in [-0.2, 0) is 10.0 Å². The monoisotopic (exact) mass is 298 g/mol. The Morgan fingerprint density at radius 1 is 1.20 bits per heavy atom. The number of sulfonamides is 1. The lowest BCUT2D eigenvalue weighted by atomic mass is 9.75. The normalized spacial score (nSPS) is 19.9. The van der Waals surface area contributed by atoms with E-state index in [9.17, 15) is 13.2 Å². The summed E-state index contributed by atoms with van der Waals surface area (Å²) < 4.78 is 26.5. The van der Waals surface area contributed by atoms with Gasteiger partial charge in [0.25, 0.3) is 0 Å². The van der Waals surface area contributed by atoms with Crippen molar-refractivity contribution in [2.75, 3.05) is 13.1 Å². The molecule has 0 bridgehead atoms. The zero-order valence-electron chi connectivity index (χ0n) is 12.1. The van der Waals surface area contributed by atoms with Crippen molar-refractivity contribution in [3.8, 4) is 0 Å². The van der Waals surface area contributed by atoms with E-state index in [0.717, 1.165) is 25.7 Å².